The number of rotatable bonds is 6. The minimum atomic E-state index is -1.03. The van der Waals surface area contributed by atoms with Crippen molar-refractivity contribution in [1.82, 2.24) is 14.5 Å². The first-order valence-corrected chi connectivity index (χ1v) is 10.9. The van der Waals surface area contributed by atoms with E-state index in [4.69, 9.17) is 0 Å². The molecule has 0 saturated carbocycles. The average molecular weight is 442 g/mol. The van der Waals surface area contributed by atoms with Crippen molar-refractivity contribution in [3.63, 3.8) is 0 Å². The fourth-order valence-corrected chi connectivity index (χ4v) is 4.49. The van der Waals surface area contributed by atoms with E-state index in [-0.39, 0.29) is 23.0 Å². The van der Waals surface area contributed by atoms with Gasteiger partial charge in [0.25, 0.3) is 0 Å². The summed E-state index contributed by atoms with van der Waals surface area (Å²) in [6, 6.07) is 6.92. The van der Waals surface area contributed by atoms with Gasteiger partial charge in [-0.1, -0.05) is 17.8 Å². The molecule has 1 aliphatic carbocycles. The fourth-order valence-electron chi connectivity index (χ4n) is 3.61. The maximum atomic E-state index is 13.3. The molecule has 0 aliphatic heterocycles. The number of amides is 1. The molecule has 1 N–H and O–H groups in total. The Morgan fingerprint density at radius 3 is 2.77 bits per heavy atom. The van der Waals surface area contributed by atoms with E-state index in [1.54, 1.807) is 17.0 Å². The number of nitrogens with one attached hydrogen (secondary N) is 1. The van der Waals surface area contributed by atoms with E-state index < -0.39 is 11.6 Å². The highest BCUT2D eigenvalue weighted by Crippen LogP contribution is 2.29. The summed E-state index contributed by atoms with van der Waals surface area (Å²) in [5.41, 5.74) is 2.70. The van der Waals surface area contributed by atoms with Crippen molar-refractivity contribution in [2.24, 2.45) is 0 Å². The maximum absolute atomic E-state index is 13.3. The largest absolute Gasteiger partial charge is 0.349 e. The SMILES string of the molecule is O=C(CSc1nc(=O)n(Cc2cccnc2)c2c1CCCC2)Nc1ccc(F)c(F)c1. The zero-order valence-electron chi connectivity index (χ0n) is 16.6. The lowest BCUT2D eigenvalue weighted by molar-refractivity contribution is -0.113. The van der Waals surface area contributed by atoms with Crippen LogP contribution >= 0.6 is 11.8 Å². The van der Waals surface area contributed by atoms with Crippen LogP contribution in [0.2, 0.25) is 0 Å². The van der Waals surface area contributed by atoms with Crippen LogP contribution in [0, 0.1) is 11.6 Å². The second-order valence-corrected chi connectivity index (χ2v) is 8.21. The van der Waals surface area contributed by atoms with Gasteiger partial charge < -0.3 is 5.32 Å². The minimum Gasteiger partial charge on any atom is -0.325 e. The Balaban J connectivity index is 1.52. The Hall–Kier alpha value is -3.07. The van der Waals surface area contributed by atoms with Gasteiger partial charge in [-0.25, -0.2) is 13.6 Å². The summed E-state index contributed by atoms with van der Waals surface area (Å²) in [5, 5.41) is 3.09. The third-order valence-electron chi connectivity index (χ3n) is 5.06. The monoisotopic (exact) mass is 442 g/mol. The molecule has 0 bridgehead atoms. The van der Waals surface area contributed by atoms with Crippen LogP contribution in [0.25, 0.3) is 0 Å². The zero-order chi connectivity index (χ0) is 21.8. The number of carbonyl (C=O) groups is 1. The molecular formula is C22H20F2N4O2S. The molecule has 6 nitrogen and oxygen atoms in total. The van der Waals surface area contributed by atoms with E-state index in [9.17, 15) is 18.4 Å². The lowest BCUT2D eigenvalue weighted by atomic mass is 9.97. The minimum absolute atomic E-state index is 0.00446. The number of hydrogen-bond acceptors (Lipinski definition) is 5. The number of halogens is 2. The van der Waals surface area contributed by atoms with E-state index in [1.165, 1.54) is 17.8 Å². The summed E-state index contributed by atoms with van der Waals surface area (Å²) < 4.78 is 28.1. The van der Waals surface area contributed by atoms with Gasteiger partial charge in [0.15, 0.2) is 11.6 Å². The Morgan fingerprint density at radius 1 is 1.16 bits per heavy atom. The fraction of sp³-hybridized carbons (Fsp3) is 0.273. The molecule has 1 aromatic carbocycles. The smallest absolute Gasteiger partial charge is 0.325 e. The van der Waals surface area contributed by atoms with Crippen molar-refractivity contribution < 1.29 is 13.6 Å². The molecule has 0 fully saturated rings. The molecule has 160 valence electrons. The number of aromatic nitrogens is 3. The third-order valence-corrected chi connectivity index (χ3v) is 6.08. The summed E-state index contributed by atoms with van der Waals surface area (Å²) >= 11 is 1.18. The molecule has 0 atom stereocenters. The molecule has 31 heavy (non-hydrogen) atoms. The van der Waals surface area contributed by atoms with Crippen molar-refractivity contribution in [1.29, 1.82) is 0 Å². The van der Waals surface area contributed by atoms with Crippen molar-refractivity contribution >= 4 is 23.4 Å². The predicted octanol–water partition coefficient (Wildman–Crippen LogP) is 3.57. The molecule has 4 rings (SSSR count). The van der Waals surface area contributed by atoms with Crippen LogP contribution in [0.1, 0.15) is 29.7 Å². The van der Waals surface area contributed by atoms with Crippen LogP contribution in [0.15, 0.2) is 52.5 Å². The van der Waals surface area contributed by atoms with Crippen molar-refractivity contribution in [2.45, 2.75) is 37.3 Å². The lowest BCUT2D eigenvalue weighted by Gasteiger charge is -2.22. The van der Waals surface area contributed by atoms with Crippen LogP contribution in [0.5, 0.6) is 0 Å². The number of anilines is 1. The number of carbonyl (C=O) groups excluding carboxylic acids is 1. The summed E-state index contributed by atoms with van der Waals surface area (Å²) in [4.78, 5) is 33.4. The van der Waals surface area contributed by atoms with Crippen LogP contribution in [0.3, 0.4) is 0 Å². The molecule has 0 unspecified atom stereocenters. The van der Waals surface area contributed by atoms with Gasteiger partial charge in [-0.15, -0.1) is 0 Å². The van der Waals surface area contributed by atoms with Crippen LogP contribution in [-0.4, -0.2) is 26.2 Å². The predicted molar refractivity (Wildman–Crippen MR) is 114 cm³/mol. The molecular weight excluding hydrogens is 422 g/mol. The van der Waals surface area contributed by atoms with E-state index in [0.717, 1.165) is 54.6 Å². The number of hydrogen-bond donors (Lipinski definition) is 1. The number of fused-ring (bicyclic) bond motifs is 1. The molecule has 0 radical (unpaired) electrons. The highest BCUT2D eigenvalue weighted by atomic mass is 32.2. The standard InChI is InChI=1S/C22H20F2N4O2S/c23-17-8-7-15(10-18(17)24)26-20(29)13-31-21-16-5-1-2-6-19(16)28(22(30)27-21)12-14-4-3-9-25-11-14/h3-4,7-11H,1-2,5-6,12-13H2,(H,26,29). The van der Waals surface area contributed by atoms with Crippen LogP contribution in [0.4, 0.5) is 14.5 Å². The summed E-state index contributed by atoms with van der Waals surface area (Å²) in [5.74, 6) is -2.39. The lowest BCUT2D eigenvalue weighted by Crippen LogP contribution is -2.30. The molecule has 1 amide bonds. The van der Waals surface area contributed by atoms with Crippen molar-refractivity contribution in [2.75, 3.05) is 11.1 Å². The van der Waals surface area contributed by atoms with E-state index >= 15 is 0 Å². The Morgan fingerprint density at radius 2 is 2.00 bits per heavy atom. The Kier molecular flexibility index (Phi) is 6.41. The first kappa shape index (κ1) is 21.2. The molecule has 2 aromatic heterocycles. The van der Waals surface area contributed by atoms with Gasteiger partial charge in [0, 0.05) is 35.4 Å². The van der Waals surface area contributed by atoms with E-state index in [2.05, 4.69) is 15.3 Å². The topological polar surface area (TPSA) is 76.9 Å². The first-order chi connectivity index (χ1) is 15.0. The van der Waals surface area contributed by atoms with E-state index in [0.29, 0.717) is 11.6 Å². The van der Waals surface area contributed by atoms with E-state index in [1.807, 2.05) is 12.1 Å². The van der Waals surface area contributed by atoms with Gasteiger partial charge in [-0.05, 0) is 49.4 Å². The summed E-state index contributed by atoms with van der Waals surface area (Å²) in [6.07, 6.45) is 6.97. The summed E-state index contributed by atoms with van der Waals surface area (Å²) in [6.45, 7) is 0.406. The van der Waals surface area contributed by atoms with Gasteiger partial charge in [0.05, 0.1) is 12.3 Å². The first-order valence-electron chi connectivity index (χ1n) is 9.90. The number of benzene rings is 1. The highest BCUT2D eigenvalue weighted by Gasteiger charge is 2.21. The molecule has 0 spiro atoms. The van der Waals surface area contributed by atoms with Crippen molar-refractivity contribution in [3.8, 4) is 0 Å². The van der Waals surface area contributed by atoms with Gasteiger partial charge in [0.1, 0.15) is 5.03 Å². The van der Waals surface area contributed by atoms with Crippen molar-refractivity contribution in [3.05, 3.63) is 81.7 Å². The number of pyridine rings is 1. The summed E-state index contributed by atoms with van der Waals surface area (Å²) in [7, 11) is 0. The number of thioether (sulfide) groups is 1. The van der Waals surface area contributed by atoms with Gasteiger partial charge in [-0.2, -0.15) is 4.98 Å². The molecule has 0 saturated heterocycles. The Bertz CT molecular complexity index is 1170. The molecule has 2 heterocycles. The highest BCUT2D eigenvalue weighted by molar-refractivity contribution is 8.00. The van der Waals surface area contributed by atoms with Gasteiger partial charge in [-0.3, -0.25) is 14.3 Å². The van der Waals surface area contributed by atoms with Gasteiger partial charge in [0.2, 0.25) is 5.91 Å². The molecule has 1 aliphatic rings. The van der Waals surface area contributed by atoms with Crippen LogP contribution < -0.4 is 11.0 Å². The second-order valence-electron chi connectivity index (χ2n) is 7.25. The number of nitrogens with zero attached hydrogens (tertiary/aromatic N) is 3. The van der Waals surface area contributed by atoms with Gasteiger partial charge >= 0.3 is 5.69 Å². The van der Waals surface area contributed by atoms with Crippen LogP contribution in [-0.2, 0) is 24.2 Å². The molecule has 3 aromatic rings. The Labute approximate surface area is 181 Å². The zero-order valence-corrected chi connectivity index (χ0v) is 17.4. The molecule has 9 heteroatoms. The quantitative estimate of drug-likeness (QED) is 0.467. The average Bonchev–Trinajstić information content (AvgIpc) is 2.78. The third kappa shape index (κ3) is 4.99. The maximum Gasteiger partial charge on any atom is 0.349 e. The normalized spacial score (nSPS) is 13.0. The second kappa shape index (κ2) is 9.38.